The third kappa shape index (κ3) is 17.7. The van der Waals surface area contributed by atoms with Crippen LogP contribution in [-0.4, -0.2) is 35.5 Å². The van der Waals surface area contributed by atoms with Crippen LogP contribution in [0.2, 0.25) is 0 Å². The van der Waals surface area contributed by atoms with Crippen molar-refractivity contribution >= 4 is 23.4 Å². The van der Waals surface area contributed by atoms with Crippen LogP contribution in [-0.2, 0) is 19.2 Å². The summed E-state index contributed by atoms with van der Waals surface area (Å²) in [6.45, 7) is 25.2. The lowest BCUT2D eigenvalue weighted by molar-refractivity contribution is -0.130. The smallest absolute Gasteiger partial charge is 0.221 e. The minimum absolute atomic E-state index is 0.0273. The van der Waals surface area contributed by atoms with Crippen molar-refractivity contribution in [2.45, 2.75) is 179 Å². The predicted octanol–water partition coefficient (Wildman–Crippen LogP) is 8.60. The second-order valence-corrected chi connectivity index (χ2v) is 14.2. The second-order valence-electron chi connectivity index (χ2n) is 14.2. The van der Waals surface area contributed by atoms with Crippen molar-refractivity contribution in [3.05, 3.63) is 0 Å². The fraction of sp³-hybridized carbons (Fsp3) is 0.886. The number of hydrogen-bond acceptors (Lipinski definition) is 4. The molecule has 2 atom stereocenters. The summed E-state index contributed by atoms with van der Waals surface area (Å²) < 4.78 is 0. The highest BCUT2D eigenvalue weighted by atomic mass is 16.2. The topological polar surface area (TPSA) is 92.3 Å². The summed E-state index contributed by atoms with van der Waals surface area (Å²) in [5.41, 5.74) is -0.315. The van der Waals surface area contributed by atoms with Gasteiger partial charge in [-0.3, -0.25) is 19.2 Å². The van der Waals surface area contributed by atoms with Crippen LogP contribution in [0.4, 0.5) is 0 Å². The lowest BCUT2D eigenvalue weighted by Crippen LogP contribution is -2.49. The van der Waals surface area contributed by atoms with Crippen molar-refractivity contribution in [3.63, 3.8) is 0 Å². The highest BCUT2D eigenvalue weighted by Crippen LogP contribution is 2.38. The minimum atomic E-state index is -0.382. The maximum absolute atomic E-state index is 12.2. The maximum atomic E-state index is 12.2. The van der Waals surface area contributed by atoms with E-state index in [2.05, 4.69) is 17.6 Å². The van der Waals surface area contributed by atoms with Crippen LogP contribution in [0.5, 0.6) is 0 Å². The van der Waals surface area contributed by atoms with Gasteiger partial charge in [-0.25, -0.2) is 0 Å². The van der Waals surface area contributed by atoms with E-state index in [4.69, 9.17) is 0 Å². The number of rotatable bonds is 8. The maximum Gasteiger partial charge on any atom is 0.221 e. The van der Waals surface area contributed by atoms with E-state index in [-0.39, 0.29) is 51.7 Å². The summed E-state index contributed by atoms with van der Waals surface area (Å²) in [6, 6.07) is -0.749. The summed E-state index contributed by atoms with van der Waals surface area (Å²) in [5, 5.41) is 5.86. The van der Waals surface area contributed by atoms with Crippen molar-refractivity contribution in [2.24, 2.45) is 22.2 Å². The standard InChI is InChI=1S/C16H29NO2.C15H27NO2.2C2H6/c1-12(18)14(15(2,3)4)17-13(19)11-16(5)9-7-6-8-10-16;1-11(17)14(15(2,3)4)16-13(18)10-12-8-6-5-7-9-12;2*1-2/h14H,6-11H2,1-5H3,(H,17,19);12,14H,5-10H2,1-4H3,(H,16,18);2*1-2H3. The first-order valence-electron chi connectivity index (χ1n) is 16.5. The number of carbonyl (C=O) groups excluding carboxylic acids is 4. The predicted molar refractivity (Wildman–Crippen MR) is 174 cm³/mol. The fourth-order valence-corrected chi connectivity index (χ4v) is 5.91. The van der Waals surface area contributed by atoms with Gasteiger partial charge in [0.15, 0.2) is 11.6 Å². The SMILES string of the molecule is CC.CC.CC(=O)C(NC(=O)CC1(C)CCCCC1)C(C)(C)C.CC(=O)C(NC(=O)CC1CCCCC1)C(C)(C)C. The molecular weight excluding hydrogens is 512 g/mol. The van der Waals surface area contributed by atoms with Gasteiger partial charge in [-0.05, 0) is 61.7 Å². The van der Waals surface area contributed by atoms with Crippen LogP contribution in [0.1, 0.15) is 167 Å². The summed E-state index contributed by atoms with van der Waals surface area (Å²) in [7, 11) is 0. The molecule has 0 heterocycles. The van der Waals surface area contributed by atoms with Gasteiger partial charge in [0.1, 0.15) is 0 Å². The molecule has 0 aliphatic heterocycles. The van der Waals surface area contributed by atoms with Gasteiger partial charge in [0.05, 0.1) is 12.1 Å². The van der Waals surface area contributed by atoms with Gasteiger partial charge < -0.3 is 10.6 Å². The van der Waals surface area contributed by atoms with E-state index in [9.17, 15) is 19.2 Å². The van der Waals surface area contributed by atoms with Gasteiger partial charge in [0.2, 0.25) is 11.8 Å². The summed E-state index contributed by atoms with van der Waals surface area (Å²) in [6.07, 6.45) is 13.2. The van der Waals surface area contributed by atoms with E-state index < -0.39 is 0 Å². The molecule has 0 aromatic carbocycles. The molecule has 0 aromatic rings. The van der Waals surface area contributed by atoms with E-state index >= 15 is 0 Å². The number of hydrogen-bond donors (Lipinski definition) is 2. The summed E-state index contributed by atoms with van der Waals surface area (Å²) in [4.78, 5) is 47.5. The Hall–Kier alpha value is -1.72. The average molecular weight is 581 g/mol. The highest BCUT2D eigenvalue weighted by molar-refractivity contribution is 5.88. The van der Waals surface area contributed by atoms with Crippen LogP contribution in [0, 0.1) is 22.2 Å². The number of amides is 2. The summed E-state index contributed by atoms with van der Waals surface area (Å²) in [5.74, 6) is 0.664. The van der Waals surface area contributed by atoms with E-state index in [1.165, 1.54) is 38.5 Å². The molecule has 2 amide bonds. The third-order valence-electron chi connectivity index (χ3n) is 8.00. The molecule has 6 nitrogen and oxygen atoms in total. The van der Waals surface area contributed by atoms with E-state index in [0.29, 0.717) is 18.8 Å². The zero-order valence-corrected chi connectivity index (χ0v) is 29.4. The van der Waals surface area contributed by atoms with Gasteiger partial charge in [-0.15, -0.1) is 0 Å². The lowest BCUT2D eigenvalue weighted by atomic mass is 9.73. The van der Waals surface area contributed by atoms with Gasteiger partial charge in [0.25, 0.3) is 0 Å². The summed E-state index contributed by atoms with van der Waals surface area (Å²) >= 11 is 0. The van der Waals surface area contributed by atoms with Crippen molar-refractivity contribution in [3.8, 4) is 0 Å². The van der Waals surface area contributed by atoms with Crippen LogP contribution in [0.15, 0.2) is 0 Å². The molecule has 2 fully saturated rings. The molecule has 0 bridgehead atoms. The minimum Gasteiger partial charge on any atom is -0.346 e. The van der Waals surface area contributed by atoms with Gasteiger partial charge >= 0.3 is 0 Å². The van der Waals surface area contributed by atoms with Crippen LogP contribution < -0.4 is 10.6 Å². The zero-order chi connectivity index (χ0) is 32.4. The molecule has 6 heteroatoms. The Bertz CT molecular complexity index is 764. The average Bonchev–Trinajstić information content (AvgIpc) is 2.88. The Labute approximate surface area is 254 Å². The number of nitrogens with one attached hydrogen (secondary N) is 2. The lowest BCUT2D eigenvalue weighted by Gasteiger charge is -2.35. The Morgan fingerprint density at radius 2 is 1.02 bits per heavy atom. The van der Waals surface area contributed by atoms with E-state index in [1.54, 1.807) is 13.8 Å². The van der Waals surface area contributed by atoms with Gasteiger partial charge in [0, 0.05) is 12.8 Å². The van der Waals surface area contributed by atoms with Crippen molar-refractivity contribution < 1.29 is 19.2 Å². The molecular formula is C35H68N2O4. The molecule has 0 aromatic heterocycles. The molecule has 242 valence electrons. The van der Waals surface area contributed by atoms with Crippen LogP contribution >= 0.6 is 0 Å². The third-order valence-corrected chi connectivity index (χ3v) is 8.00. The number of carbonyl (C=O) groups is 4. The monoisotopic (exact) mass is 581 g/mol. The van der Waals surface area contributed by atoms with E-state index in [0.717, 1.165) is 25.7 Å². The normalized spacial score (nSPS) is 18.4. The Morgan fingerprint density at radius 1 is 0.659 bits per heavy atom. The van der Waals surface area contributed by atoms with Crippen molar-refractivity contribution in [1.29, 1.82) is 0 Å². The molecule has 2 aliphatic carbocycles. The molecule has 41 heavy (non-hydrogen) atoms. The van der Waals surface area contributed by atoms with Crippen molar-refractivity contribution in [1.82, 2.24) is 10.6 Å². The molecule has 0 radical (unpaired) electrons. The molecule has 0 spiro atoms. The zero-order valence-electron chi connectivity index (χ0n) is 29.4. The number of Topliss-reactive ketones (excluding diaryl/α,β-unsaturated/α-hetero) is 2. The molecule has 2 N–H and O–H groups in total. The Kier molecular flexibility index (Phi) is 20.4. The highest BCUT2D eigenvalue weighted by Gasteiger charge is 2.34. The Morgan fingerprint density at radius 3 is 1.39 bits per heavy atom. The second kappa shape index (κ2) is 20.2. The van der Waals surface area contributed by atoms with Crippen LogP contribution in [0.3, 0.4) is 0 Å². The first-order chi connectivity index (χ1) is 18.9. The first kappa shape index (κ1) is 41.4. The van der Waals surface area contributed by atoms with E-state index in [1.807, 2.05) is 69.2 Å². The van der Waals surface area contributed by atoms with Crippen molar-refractivity contribution in [2.75, 3.05) is 0 Å². The quantitative estimate of drug-likeness (QED) is 0.301. The molecule has 2 rings (SSSR count). The Balaban J connectivity index is 0. The molecule has 2 unspecified atom stereocenters. The van der Waals surface area contributed by atoms with Crippen LogP contribution in [0.25, 0.3) is 0 Å². The van der Waals surface area contributed by atoms with Gasteiger partial charge in [-0.2, -0.15) is 0 Å². The number of ketones is 2. The largest absolute Gasteiger partial charge is 0.346 e. The first-order valence-corrected chi connectivity index (χ1v) is 16.5. The molecule has 2 aliphatic rings. The molecule has 0 saturated heterocycles. The van der Waals surface area contributed by atoms with Gasteiger partial charge in [-0.1, -0.05) is 115 Å². The fourth-order valence-electron chi connectivity index (χ4n) is 5.91. The molecule has 2 saturated carbocycles.